The fourth-order valence-electron chi connectivity index (χ4n) is 2.75. The molecule has 120 valence electrons. The molecule has 0 bridgehead atoms. The minimum atomic E-state index is -0.0466. The molecule has 0 fully saturated rings. The highest BCUT2D eigenvalue weighted by atomic mass is 16.5. The van der Waals surface area contributed by atoms with Crippen LogP contribution in [0.2, 0.25) is 0 Å². The Morgan fingerprint density at radius 2 is 2.09 bits per heavy atom. The maximum absolute atomic E-state index is 12.2. The van der Waals surface area contributed by atoms with Crippen molar-refractivity contribution in [1.29, 1.82) is 0 Å². The highest BCUT2D eigenvalue weighted by Crippen LogP contribution is 2.20. The minimum absolute atomic E-state index is 0.0466. The van der Waals surface area contributed by atoms with Crippen LogP contribution in [0, 0.1) is 6.92 Å². The van der Waals surface area contributed by atoms with Gasteiger partial charge in [-0.25, -0.2) is 0 Å². The molecule has 0 unspecified atom stereocenters. The fourth-order valence-corrected chi connectivity index (χ4v) is 2.75. The van der Waals surface area contributed by atoms with Crippen molar-refractivity contribution in [3.8, 4) is 11.5 Å². The summed E-state index contributed by atoms with van der Waals surface area (Å²) in [7, 11) is 0. The maximum Gasteiger partial charge on any atom is 0.257 e. The van der Waals surface area contributed by atoms with Crippen LogP contribution in [0.5, 0.6) is 0 Å². The van der Waals surface area contributed by atoms with Gasteiger partial charge in [0.1, 0.15) is 0 Å². The van der Waals surface area contributed by atoms with Crippen LogP contribution in [0.15, 0.2) is 40.4 Å². The van der Waals surface area contributed by atoms with E-state index in [1.165, 1.54) is 31.3 Å². The first-order chi connectivity index (χ1) is 11.2. The second kappa shape index (κ2) is 7.22. The van der Waals surface area contributed by atoms with E-state index in [1.807, 2.05) is 12.1 Å². The van der Waals surface area contributed by atoms with Crippen LogP contribution in [0.3, 0.4) is 0 Å². The van der Waals surface area contributed by atoms with E-state index in [0.29, 0.717) is 23.8 Å². The Bertz CT molecular complexity index is 701. The Morgan fingerprint density at radius 3 is 2.74 bits per heavy atom. The van der Waals surface area contributed by atoms with Crippen molar-refractivity contribution >= 4 is 5.91 Å². The molecule has 0 radical (unpaired) electrons. The lowest BCUT2D eigenvalue weighted by Gasteiger charge is -2.13. The molecule has 1 aromatic carbocycles. The van der Waals surface area contributed by atoms with Gasteiger partial charge < -0.3 is 9.84 Å². The van der Waals surface area contributed by atoms with Gasteiger partial charge in [-0.15, -0.1) is 0 Å². The number of carbonyl (C=O) groups excluding carboxylic acids is 1. The van der Waals surface area contributed by atoms with Crippen molar-refractivity contribution in [2.75, 3.05) is 6.54 Å². The SMILES string of the molecule is Cc1noc(-c2ccc(C(=O)NCCC3=CCCCC3)cc2)n1. The molecule has 1 aliphatic carbocycles. The highest BCUT2D eigenvalue weighted by Gasteiger charge is 2.10. The summed E-state index contributed by atoms with van der Waals surface area (Å²) in [5.41, 5.74) is 2.93. The standard InChI is InChI=1S/C18H21N3O2/c1-13-20-18(23-21-13)16-9-7-15(8-10-16)17(22)19-12-11-14-5-3-2-4-6-14/h5,7-10H,2-4,6,11-12H2,1H3,(H,19,22). The summed E-state index contributed by atoms with van der Waals surface area (Å²) >= 11 is 0. The number of rotatable bonds is 5. The molecule has 5 heteroatoms. The number of aryl methyl sites for hydroxylation is 1. The van der Waals surface area contributed by atoms with Gasteiger partial charge in [0.25, 0.3) is 11.8 Å². The van der Waals surface area contributed by atoms with Gasteiger partial charge in [-0.05, 0) is 63.3 Å². The number of nitrogens with zero attached hydrogens (tertiary/aromatic N) is 2. The average molecular weight is 311 g/mol. The van der Waals surface area contributed by atoms with Crippen LogP contribution in [0.4, 0.5) is 0 Å². The first kappa shape index (κ1) is 15.5. The Hall–Kier alpha value is -2.43. The van der Waals surface area contributed by atoms with Crippen LogP contribution in [-0.4, -0.2) is 22.6 Å². The van der Waals surface area contributed by atoms with Gasteiger partial charge in [-0.1, -0.05) is 16.8 Å². The molecule has 1 amide bonds. The first-order valence-corrected chi connectivity index (χ1v) is 8.09. The molecule has 2 aromatic rings. The molecule has 0 saturated heterocycles. The lowest BCUT2D eigenvalue weighted by molar-refractivity contribution is 0.0954. The number of hydrogen-bond acceptors (Lipinski definition) is 4. The van der Waals surface area contributed by atoms with E-state index < -0.39 is 0 Å². The largest absolute Gasteiger partial charge is 0.352 e. The Balaban J connectivity index is 1.54. The van der Waals surface area contributed by atoms with E-state index in [4.69, 9.17) is 4.52 Å². The van der Waals surface area contributed by atoms with Crippen LogP contribution in [0.25, 0.3) is 11.5 Å². The molecule has 0 spiro atoms. The summed E-state index contributed by atoms with van der Waals surface area (Å²) in [4.78, 5) is 16.3. The summed E-state index contributed by atoms with van der Waals surface area (Å²) in [6.07, 6.45) is 8.19. The Labute approximate surface area is 135 Å². The van der Waals surface area contributed by atoms with Gasteiger partial charge in [-0.2, -0.15) is 4.98 Å². The normalized spacial score (nSPS) is 14.4. The zero-order chi connectivity index (χ0) is 16.1. The van der Waals surface area contributed by atoms with E-state index in [1.54, 1.807) is 19.1 Å². The minimum Gasteiger partial charge on any atom is -0.352 e. The third kappa shape index (κ3) is 4.06. The maximum atomic E-state index is 12.2. The van der Waals surface area contributed by atoms with Crippen molar-refractivity contribution in [1.82, 2.24) is 15.5 Å². The third-order valence-electron chi connectivity index (χ3n) is 4.04. The molecule has 3 rings (SSSR count). The smallest absolute Gasteiger partial charge is 0.257 e. The van der Waals surface area contributed by atoms with Gasteiger partial charge >= 0.3 is 0 Å². The highest BCUT2D eigenvalue weighted by molar-refractivity contribution is 5.94. The van der Waals surface area contributed by atoms with Crippen LogP contribution < -0.4 is 5.32 Å². The van der Waals surface area contributed by atoms with Gasteiger partial charge in [0.2, 0.25) is 0 Å². The molecule has 0 aliphatic heterocycles. The van der Waals surface area contributed by atoms with E-state index >= 15 is 0 Å². The zero-order valence-corrected chi connectivity index (χ0v) is 13.3. The van der Waals surface area contributed by atoms with E-state index in [9.17, 15) is 4.79 Å². The number of hydrogen-bond donors (Lipinski definition) is 1. The van der Waals surface area contributed by atoms with Crippen LogP contribution in [-0.2, 0) is 0 Å². The number of aromatic nitrogens is 2. The molecule has 1 heterocycles. The summed E-state index contributed by atoms with van der Waals surface area (Å²) < 4.78 is 5.11. The lowest BCUT2D eigenvalue weighted by Crippen LogP contribution is -2.24. The number of amides is 1. The summed E-state index contributed by atoms with van der Waals surface area (Å²) in [6, 6.07) is 7.21. The third-order valence-corrected chi connectivity index (χ3v) is 4.04. The summed E-state index contributed by atoms with van der Waals surface area (Å²) in [5.74, 6) is 1.02. The number of nitrogens with one attached hydrogen (secondary N) is 1. The number of benzene rings is 1. The molecular weight excluding hydrogens is 290 g/mol. The van der Waals surface area contributed by atoms with E-state index in [2.05, 4.69) is 21.5 Å². The van der Waals surface area contributed by atoms with Crippen LogP contribution in [0.1, 0.15) is 48.3 Å². The van der Waals surface area contributed by atoms with E-state index in [0.717, 1.165) is 12.0 Å². The molecule has 1 N–H and O–H groups in total. The predicted octanol–water partition coefficient (Wildman–Crippen LogP) is 3.67. The van der Waals surface area contributed by atoms with Crippen molar-refractivity contribution in [3.63, 3.8) is 0 Å². The van der Waals surface area contributed by atoms with Crippen molar-refractivity contribution in [2.45, 2.75) is 39.0 Å². The second-order valence-electron chi connectivity index (χ2n) is 5.84. The van der Waals surface area contributed by atoms with E-state index in [-0.39, 0.29) is 5.91 Å². The second-order valence-corrected chi connectivity index (χ2v) is 5.84. The predicted molar refractivity (Wildman–Crippen MR) is 88.0 cm³/mol. The van der Waals surface area contributed by atoms with Gasteiger partial charge in [0.15, 0.2) is 5.82 Å². The monoisotopic (exact) mass is 311 g/mol. The molecule has 0 saturated carbocycles. The van der Waals surface area contributed by atoms with Gasteiger partial charge in [0, 0.05) is 17.7 Å². The molecule has 1 aliphatic rings. The lowest BCUT2D eigenvalue weighted by atomic mass is 9.97. The summed E-state index contributed by atoms with van der Waals surface area (Å²) in [6.45, 7) is 2.46. The molecule has 23 heavy (non-hydrogen) atoms. The fraction of sp³-hybridized carbons (Fsp3) is 0.389. The van der Waals surface area contributed by atoms with Crippen molar-refractivity contribution in [3.05, 3.63) is 47.3 Å². The Morgan fingerprint density at radius 1 is 1.26 bits per heavy atom. The summed E-state index contributed by atoms with van der Waals surface area (Å²) in [5, 5.41) is 6.74. The molecule has 5 nitrogen and oxygen atoms in total. The molecule has 0 atom stereocenters. The zero-order valence-electron chi connectivity index (χ0n) is 13.3. The van der Waals surface area contributed by atoms with Crippen molar-refractivity contribution in [2.24, 2.45) is 0 Å². The average Bonchev–Trinajstić information content (AvgIpc) is 3.02. The van der Waals surface area contributed by atoms with Gasteiger partial charge in [-0.3, -0.25) is 4.79 Å². The molecule has 1 aromatic heterocycles. The number of carbonyl (C=O) groups is 1. The quantitative estimate of drug-likeness (QED) is 0.856. The topological polar surface area (TPSA) is 68.0 Å². The Kier molecular flexibility index (Phi) is 4.86. The molecular formula is C18H21N3O2. The number of allylic oxidation sites excluding steroid dienone is 1. The van der Waals surface area contributed by atoms with Crippen molar-refractivity contribution < 1.29 is 9.32 Å². The first-order valence-electron chi connectivity index (χ1n) is 8.09. The van der Waals surface area contributed by atoms with Crippen LogP contribution >= 0.6 is 0 Å². The van der Waals surface area contributed by atoms with Gasteiger partial charge in [0.05, 0.1) is 0 Å².